The topological polar surface area (TPSA) is 34.2 Å². The van der Waals surface area contributed by atoms with Crippen molar-refractivity contribution in [3.8, 4) is 5.75 Å². The Hall–Kier alpha value is -2.03. The zero-order valence-electron chi connectivity index (χ0n) is 14.0. The molecular formula is C20H26N2O. The van der Waals surface area contributed by atoms with Crippen molar-refractivity contribution < 1.29 is 4.74 Å². The van der Waals surface area contributed by atoms with E-state index >= 15 is 0 Å². The zero-order valence-corrected chi connectivity index (χ0v) is 14.0. The Bertz CT molecular complexity index is 589. The summed E-state index contributed by atoms with van der Waals surface area (Å²) >= 11 is 0. The second-order valence-electron chi connectivity index (χ2n) is 6.67. The van der Waals surface area contributed by atoms with Crippen molar-refractivity contribution in [2.45, 2.75) is 51.7 Å². The lowest BCUT2D eigenvalue weighted by molar-refractivity contribution is 0.210. The monoisotopic (exact) mass is 310 g/mol. The number of aromatic nitrogens is 1. The molecule has 0 spiro atoms. The molecule has 122 valence electrons. The summed E-state index contributed by atoms with van der Waals surface area (Å²) in [5.41, 5.74) is 1.27. The van der Waals surface area contributed by atoms with Gasteiger partial charge < -0.3 is 10.1 Å². The molecule has 3 rings (SSSR count). The van der Waals surface area contributed by atoms with E-state index < -0.39 is 0 Å². The first-order valence-electron chi connectivity index (χ1n) is 8.66. The highest BCUT2D eigenvalue weighted by atomic mass is 16.5. The first-order chi connectivity index (χ1) is 11.2. The molecule has 1 N–H and O–H groups in total. The molecule has 1 fully saturated rings. The van der Waals surface area contributed by atoms with Gasteiger partial charge in [-0.25, -0.2) is 4.98 Å². The molecule has 3 nitrogen and oxygen atoms in total. The van der Waals surface area contributed by atoms with Crippen LogP contribution in [-0.4, -0.2) is 11.1 Å². The Morgan fingerprint density at radius 3 is 2.39 bits per heavy atom. The minimum atomic E-state index is 0.241. The molecule has 0 aliphatic heterocycles. The summed E-state index contributed by atoms with van der Waals surface area (Å²) in [5.74, 6) is 2.37. The maximum atomic E-state index is 6.06. The average Bonchev–Trinajstić information content (AvgIpc) is 3.07. The number of nitrogens with one attached hydrogen (secondary N) is 1. The Morgan fingerprint density at radius 1 is 1.04 bits per heavy atom. The summed E-state index contributed by atoms with van der Waals surface area (Å²) in [6.45, 7) is 4.45. The summed E-state index contributed by atoms with van der Waals surface area (Å²) in [5, 5.41) is 3.54. The molecular weight excluding hydrogens is 284 g/mol. The predicted octanol–water partition coefficient (Wildman–Crippen LogP) is 5.21. The van der Waals surface area contributed by atoms with E-state index in [1.807, 2.05) is 24.4 Å². The van der Waals surface area contributed by atoms with E-state index in [1.54, 1.807) is 0 Å². The van der Waals surface area contributed by atoms with Crippen molar-refractivity contribution in [1.29, 1.82) is 0 Å². The molecule has 2 aromatic rings. The van der Waals surface area contributed by atoms with Crippen LogP contribution in [0.4, 0.5) is 5.82 Å². The molecule has 23 heavy (non-hydrogen) atoms. The van der Waals surface area contributed by atoms with Crippen LogP contribution in [0, 0.1) is 5.92 Å². The van der Waals surface area contributed by atoms with Gasteiger partial charge in [-0.15, -0.1) is 0 Å². The SMILES string of the molecule is CC(C)C(Nc1ccccn1)c1ccc(OC2CCCC2)cc1. The molecule has 0 saturated heterocycles. The Balaban J connectivity index is 1.69. The second-order valence-corrected chi connectivity index (χ2v) is 6.67. The largest absolute Gasteiger partial charge is 0.490 e. The molecule has 0 amide bonds. The van der Waals surface area contributed by atoms with Crippen LogP contribution >= 0.6 is 0 Å². The maximum absolute atomic E-state index is 6.06. The molecule has 1 aliphatic carbocycles. The third-order valence-corrected chi connectivity index (χ3v) is 4.48. The van der Waals surface area contributed by atoms with Gasteiger partial charge in [0.05, 0.1) is 12.1 Å². The molecule has 3 heteroatoms. The van der Waals surface area contributed by atoms with E-state index in [4.69, 9.17) is 4.74 Å². The highest BCUT2D eigenvalue weighted by molar-refractivity contribution is 5.39. The number of rotatable bonds is 6. The van der Waals surface area contributed by atoms with E-state index in [0.29, 0.717) is 12.0 Å². The van der Waals surface area contributed by atoms with Gasteiger partial charge in [0.2, 0.25) is 0 Å². The van der Waals surface area contributed by atoms with Gasteiger partial charge in [-0.1, -0.05) is 32.0 Å². The van der Waals surface area contributed by atoms with E-state index in [0.717, 1.165) is 11.6 Å². The second kappa shape index (κ2) is 7.49. The van der Waals surface area contributed by atoms with Gasteiger partial charge in [-0.3, -0.25) is 0 Å². The first-order valence-corrected chi connectivity index (χ1v) is 8.66. The Labute approximate surface area is 139 Å². The van der Waals surface area contributed by atoms with Gasteiger partial charge in [0.1, 0.15) is 11.6 Å². The highest BCUT2D eigenvalue weighted by Crippen LogP contribution is 2.29. The molecule has 1 aromatic heterocycles. The van der Waals surface area contributed by atoms with E-state index in [-0.39, 0.29) is 6.04 Å². The number of nitrogens with zero attached hydrogens (tertiary/aromatic N) is 1. The number of hydrogen-bond donors (Lipinski definition) is 1. The van der Waals surface area contributed by atoms with Crippen LogP contribution in [0.15, 0.2) is 48.7 Å². The smallest absolute Gasteiger partial charge is 0.126 e. The van der Waals surface area contributed by atoms with Gasteiger partial charge in [-0.2, -0.15) is 0 Å². The lowest BCUT2D eigenvalue weighted by atomic mass is 9.96. The van der Waals surface area contributed by atoms with Gasteiger partial charge in [-0.05, 0) is 61.4 Å². The third kappa shape index (κ3) is 4.25. The zero-order chi connectivity index (χ0) is 16.1. The predicted molar refractivity (Wildman–Crippen MR) is 94.8 cm³/mol. The lowest BCUT2D eigenvalue weighted by Gasteiger charge is -2.24. The molecule has 0 radical (unpaired) electrons. The Morgan fingerprint density at radius 2 is 1.78 bits per heavy atom. The molecule has 1 aliphatic rings. The standard InChI is InChI=1S/C20H26N2O/c1-15(2)20(22-19-9-5-6-14-21-19)16-10-12-18(13-11-16)23-17-7-3-4-8-17/h5-6,9-15,17,20H,3-4,7-8H2,1-2H3,(H,21,22). The van der Waals surface area contributed by atoms with Crippen LogP contribution in [0.5, 0.6) is 5.75 Å². The van der Waals surface area contributed by atoms with E-state index in [2.05, 4.69) is 48.4 Å². The van der Waals surface area contributed by atoms with Crippen molar-refractivity contribution in [3.05, 3.63) is 54.2 Å². The molecule has 1 saturated carbocycles. The summed E-state index contributed by atoms with van der Waals surface area (Å²) < 4.78 is 6.06. The van der Waals surface area contributed by atoms with Crippen molar-refractivity contribution in [2.24, 2.45) is 5.92 Å². The van der Waals surface area contributed by atoms with Crippen molar-refractivity contribution in [3.63, 3.8) is 0 Å². The normalized spacial score (nSPS) is 16.5. The minimum Gasteiger partial charge on any atom is -0.490 e. The first kappa shape index (κ1) is 15.9. The van der Waals surface area contributed by atoms with Gasteiger partial charge in [0.25, 0.3) is 0 Å². The van der Waals surface area contributed by atoms with Crippen molar-refractivity contribution in [2.75, 3.05) is 5.32 Å². The van der Waals surface area contributed by atoms with Gasteiger partial charge >= 0.3 is 0 Å². The van der Waals surface area contributed by atoms with E-state index in [9.17, 15) is 0 Å². The summed E-state index contributed by atoms with van der Waals surface area (Å²) in [6, 6.07) is 14.7. The van der Waals surface area contributed by atoms with Crippen molar-refractivity contribution >= 4 is 5.82 Å². The quantitative estimate of drug-likeness (QED) is 0.795. The van der Waals surface area contributed by atoms with Gasteiger partial charge in [0.15, 0.2) is 0 Å². The average molecular weight is 310 g/mol. The fraction of sp³-hybridized carbons (Fsp3) is 0.450. The molecule has 1 heterocycles. The number of benzene rings is 1. The van der Waals surface area contributed by atoms with Crippen LogP contribution in [0.1, 0.15) is 51.1 Å². The number of pyridine rings is 1. The molecule has 0 bridgehead atoms. The van der Waals surface area contributed by atoms with Crippen LogP contribution in [0.25, 0.3) is 0 Å². The lowest BCUT2D eigenvalue weighted by Crippen LogP contribution is -2.17. The van der Waals surface area contributed by atoms with Gasteiger partial charge in [0, 0.05) is 6.20 Å². The fourth-order valence-electron chi connectivity index (χ4n) is 3.19. The fourth-order valence-corrected chi connectivity index (χ4v) is 3.19. The van der Waals surface area contributed by atoms with E-state index in [1.165, 1.54) is 31.2 Å². The third-order valence-electron chi connectivity index (χ3n) is 4.48. The Kier molecular flexibility index (Phi) is 5.16. The summed E-state index contributed by atoms with van der Waals surface area (Å²) in [6.07, 6.45) is 7.21. The number of anilines is 1. The molecule has 1 atom stereocenters. The number of ether oxygens (including phenoxy) is 1. The maximum Gasteiger partial charge on any atom is 0.126 e. The van der Waals surface area contributed by atoms with Crippen LogP contribution in [0.3, 0.4) is 0 Å². The molecule has 1 unspecified atom stereocenters. The van der Waals surface area contributed by atoms with Crippen LogP contribution in [0.2, 0.25) is 0 Å². The minimum absolute atomic E-state index is 0.241. The summed E-state index contributed by atoms with van der Waals surface area (Å²) in [4.78, 5) is 4.38. The van der Waals surface area contributed by atoms with Crippen LogP contribution in [-0.2, 0) is 0 Å². The van der Waals surface area contributed by atoms with Crippen molar-refractivity contribution in [1.82, 2.24) is 4.98 Å². The van der Waals surface area contributed by atoms with Crippen LogP contribution < -0.4 is 10.1 Å². The number of hydrogen-bond acceptors (Lipinski definition) is 3. The molecule has 1 aromatic carbocycles. The highest BCUT2D eigenvalue weighted by Gasteiger charge is 2.18. The summed E-state index contributed by atoms with van der Waals surface area (Å²) in [7, 11) is 0.